The van der Waals surface area contributed by atoms with Crippen LogP contribution in [0, 0.1) is 0 Å². The number of hydrogen-bond acceptors (Lipinski definition) is 3. The molecule has 0 radical (unpaired) electrons. The summed E-state index contributed by atoms with van der Waals surface area (Å²) >= 11 is 0. The lowest BCUT2D eigenvalue weighted by Gasteiger charge is -2.49. The van der Waals surface area contributed by atoms with E-state index in [1.807, 2.05) is 0 Å². The third-order valence-electron chi connectivity index (χ3n) is 5.39. The Kier molecular flexibility index (Phi) is 4.35. The summed E-state index contributed by atoms with van der Waals surface area (Å²) in [6.45, 7) is 2.36. The Hall–Kier alpha value is -0.120. The molecular formula is C15H31N3. The smallest absolute Gasteiger partial charge is 0.0330 e. The standard InChI is InChI=1S/C15H31N3/c1-17(2)15(9-6-10-15)13-18(3)12-11-14(16)7-4-5-8-14/h4-13,16H2,1-3H3. The van der Waals surface area contributed by atoms with Gasteiger partial charge in [0, 0.05) is 17.6 Å². The summed E-state index contributed by atoms with van der Waals surface area (Å²) in [6.07, 6.45) is 10.4. The molecule has 0 aromatic heterocycles. The van der Waals surface area contributed by atoms with Gasteiger partial charge in [0.2, 0.25) is 0 Å². The molecule has 2 rings (SSSR count). The maximum atomic E-state index is 6.44. The van der Waals surface area contributed by atoms with E-state index in [2.05, 4.69) is 30.9 Å². The number of rotatable bonds is 6. The number of likely N-dealkylation sites (N-methyl/N-ethyl adjacent to an activating group) is 2. The van der Waals surface area contributed by atoms with Crippen molar-refractivity contribution in [2.24, 2.45) is 5.73 Å². The van der Waals surface area contributed by atoms with Crippen molar-refractivity contribution >= 4 is 0 Å². The molecular weight excluding hydrogens is 222 g/mol. The van der Waals surface area contributed by atoms with Crippen LogP contribution in [0.4, 0.5) is 0 Å². The van der Waals surface area contributed by atoms with E-state index in [9.17, 15) is 0 Å². The molecule has 0 aromatic rings. The van der Waals surface area contributed by atoms with E-state index < -0.39 is 0 Å². The first-order valence-electron chi connectivity index (χ1n) is 7.61. The van der Waals surface area contributed by atoms with Crippen LogP contribution < -0.4 is 5.73 Å². The van der Waals surface area contributed by atoms with Crippen molar-refractivity contribution in [1.29, 1.82) is 0 Å². The van der Waals surface area contributed by atoms with Crippen molar-refractivity contribution in [3.8, 4) is 0 Å². The zero-order valence-corrected chi connectivity index (χ0v) is 12.5. The molecule has 2 fully saturated rings. The fourth-order valence-corrected chi connectivity index (χ4v) is 3.66. The molecule has 2 saturated carbocycles. The molecule has 3 heteroatoms. The molecule has 0 unspecified atom stereocenters. The van der Waals surface area contributed by atoms with Crippen LogP contribution in [0.2, 0.25) is 0 Å². The quantitative estimate of drug-likeness (QED) is 0.786. The topological polar surface area (TPSA) is 32.5 Å². The second-order valence-electron chi connectivity index (χ2n) is 7.03. The summed E-state index contributed by atoms with van der Waals surface area (Å²) in [5, 5.41) is 0. The van der Waals surface area contributed by atoms with Crippen LogP contribution in [0.5, 0.6) is 0 Å². The summed E-state index contributed by atoms with van der Waals surface area (Å²) in [5.74, 6) is 0. The maximum absolute atomic E-state index is 6.44. The zero-order chi connectivity index (χ0) is 13.2. The van der Waals surface area contributed by atoms with Gasteiger partial charge in [0.15, 0.2) is 0 Å². The lowest BCUT2D eigenvalue weighted by Crippen LogP contribution is -2.57. The Morgan fingerprint density at radius 1 is 0.944 bits per heavy atom. The van der Waals surface area contributed by atoms with Gasteiger partial charge in [-0.15, -0.1) is 0 Å². The molecule has 0 aromatic carbocycles. The summed E-state index contributed by atoms with van der Waals surface area (Å²) in [4.78, 5) is 4.94. The minimum absolute atomic E-state index is 0.152. The number of hydrogen-bond donors (Lipinski definition) is 1. The van der Waals surface area contributed by atoms with Crippen LogP contribution in [-0.4, -0.2) is 55.1 Å². The van der Waals surface area contributed by atoms with E-state index in [0.717, 1.165) is 6.54 Å². The Balaban J connectivity index is 1.76. The summed E-state index contributed by atoms with van der Waals surface area (Å²) in [5.41, 5.74) is 7.04. The summed E-state index contributed by atoms with van der Waals surface area (Å²) in [6, 6.07) is 0. The van der Waals surface area contributed by atoms with Crippen LogP contribution in [0.3, 0.4) is 0 Å². The van der Waals surface area contributed by atoms with Gasteiger partial charge in [-0.1, -0.05) is 12.8 Å². The van der Waals surface area contributed by atoms with Crippen molar-refractivity contribution in [2.45, 2.75) is 62.4 Å². The molecule has 0 amide bonds. The minimum Gasteiger partial charge on any atom is -0.325 e. The van der Waals surface area contributed by atoms with Gasteiger partial charge in [0.1, 0.15) is 0 Å². The Labute approximate surface area is 113 Å². The molecule has 0 saturated heterocycles. The van der Waals surface area contributed by atoms with E-state index in [0.29, 0.717) is 5.54 Å². The molecule has 2 aliphatic rings. The van der Waals surface area contributed by atoms with Crippen LogP contribution in [0.15, 0.2) is 0 Å². The highest BCUT2D eigenvalue weighted by atomic mass is 15.2. The van der Waals surface area contributed by atoms with Gasteiger partial charge in [0.25, 0.3) is 0 Å². The lowest BCUT2D eigenvalue weighted by atomic mass is 9.75. The first-order chi connectivity index (χ1) is 8.46. The van der Waals surface area contributed by atoms with Crippen LogP contribution in [-0.2, 0) is 0 Å². The Bertz CT molecular complexity index is 265. The fraction of sp³-hybridized carbons (Fsp3) is 1.00. The van der Waals surface area contributed by atoms with Gasteiger partial charge in [0.05, 0.1) is 0 Å². The predicted octanol–water partition coefficient (Wildman–Crippen LogP) is 2.06. The molecule has 18 heavy (non-hydrogen) atoms. The molecule has 0 atom stereocenters. The van der Waals surface area contributed by atoms with E-state index >= 15 is 0 Å². The van der Waals surface area contributed by atoms with Crippen LogP contribution in [0.25, 0.3) is 0 Å². The normalized spacial score (nSPS) is 25.7. The van der Waals surface area contributed by atoms with E-state index in [1.54, 1.807) is 0 Å². The van der Waals surface area contributed by atoms with Crippen LogP contribution >= 0.6 is 0 Å². The van der Waals surface area contributed by atoms with E-state index in [4.69, 9.17) is 5.73 Å². The SMILES string of the molecule is CN(CCC1(N)CCCC1)CC1(N(C)C)CCC1. The monoisotopic (exact) mass is 253 g/mol. The van der Waals surface area contributed by atoms with Crippen molar-refractivity contribution in [3.63, 3.8) is 0 Å². The van der Waals surface area contributed by atoms with Gasteiger partial charge in [-0.3, -0.25) is 0 Å². The summed E-state index contributed by atoms with van der Waals surface area (Å²) in [7, 11) is 6.73. The third-order valence-corrected chi connectivity index (χ3v) is 5.39. The maximum Gasteiger partial charge on any atom is 0.0330 e. The first-order valence-corrected chi connectivity index (χ1v) is 7.61. The molecule has 106 valence electrons. The zero-order valence-electron chi connectivity index (χ0n) is 12.5. The summed E-state index contributed by atoms with van der Waals surface area (Å²) < 4.78 is 0. The van der Waals surface area contributed by atoms with Crippen molar-refractivity contribution in [3.05, 3.63) is 0 Å². The highest BCUT2D eigenvalue weighted by Gasteiger charge is 2.40. The highest BCUT2D eigenvalue weighted by molar-refractivity contribution is 4.98. The van der Waals surface area contributed by atoms with Gasteiger partial charge >= 0.3 is 0 Å². The molecule has 0 aliphatic heterocycles. The molecule has 2 aliphatic carbocycles. The van der Waals surface area contributed by atoms with Crippen molar-refractivity contribution < 1.29 is 0 Å². The number of nitrogens with zero attached hydrogens (tertiary/aromatic N) is 2. The molecule has 0 spiro atoms. The molecule has 0 bridgehead atoms. The minimum atomic E-state index is 0.152. The Morgan fingerprint density at radius 2 is 1.56 bits per heavy atom. The molecule has 2 N–H and O–H groups in total. The average molecular weight is 253 g/mol. The van der Waals surface area contributed by atoms with Crippen molar-refractivity contribution in [1.82, 2.24) is 9.80 Å². The van der Waals surface area contributed by atoms with E-state index in [1.165, 1.54) is 57.9 Å². The largest absolute Gasteiger partial charge is 0.325 e. The van der Waals surface area contributed by atoms with Gasteiger partial charge in [-0.2, -0.15) is 0 Å². The number of nitrogens with two attached hydrogens (primary N) is 1. The molecule has 3 nitrogen and oxygen atoms in total. The first kappa shape index (κ1) is 14.3. The second-order valence-corrected chi connectivity index (χ2v) is 7.03. The second kappa shape index (κ2) is 5.48. The van der Waals surface area contributed by atoms with Crippen LogP contribution in [0.1, 0.15) is 51.4 Å². The van der Waals surface area contributed by atoms with Gasteiger partial charge in [-0.25, -0.2) is 0 Å². The third kappa shape index (κ3) is 3.06. The van der Waals surface area contributed by atoms with Gasteiger partial charge in [-0.05, 0) is 66.2 Å². The Morgan fingerprint density at radius 3 is 2.00 bits per heavy atom. The predicted molar refractivity (Wildman–Crippen MR) is 77.8 cm³/mol. The van der Waals surface area contributed by atoms with E-state index in [-0.39, 0.29) is 5.54 Å². The fourth-order valence-electron chi connectivity index (χ4n) is 3.66. The highest BCUT2D eigenvalue weighted by Crippen LogP contribution is 2.37. The van der Waals surface area contributed by atoms with Crippen molar-refractivity contribution in [2.75, 3.05) is 34.2 Å². The van der Waals surface area contributed by atoms with Gasteiger partial charge < -0.3 is 15.5 Å². The average Bonchev–Trinajstić information content (AvgIpc) is 2.68. The molecule has 0 heterocycles. The lowest BCUT2D eigenvalue weighted by molar-refractivity contribution is 0.0262.